The van der Waals surface area contributed by atoms with Gasteiger partial charge in [-0.15, -0.1) is 0 Å². The Morgan fingerprint density at radius 2 is 1.81 bits per heavy atom. The van der Waals surface area contributed by atoms with Crippen LogP contribution < -0.4 is 0 Å². The first-order chi connectivity index (χ1) is 14.4. The van der Waals surface area contributed by atoms with Crippen LogP contribution in [0.25, 0.3) is 5.57 Å². The van der Waals surface area contributed by atoms with Crippen molar-refractivity contribution in [3.63, 3.8) is 0 Å². The minimum absolute atomic E-state index is 0.133. The standard InChI is InChI=1S/C23H28F3NO4/c1-22(2,3)31-21(29)27-9-7-14(8-10-27)18-6-5-17(23(24,25)26)13-19(18)15-11-16(12-15)20(28)30-4/h5-7,13,15-16H,8-12H2,1-4H3. The van der Waals surface area contributed by atoms with Crippen LogP contribution in [0.2, 0.25) is 0 Å². The summed E-state index contributed by atoms with van der Waals surface area (Å²) in [5.74, 6) is -0.735. The van der Waals surface area contributed by atoms with Crippen LogP contribution in [-0.4, -0.2) is 42.8 Å². The van der Waals surface area contributed by atoms with Crippen molar-refractivity contribution in [1.82, 2.24) is 4.90 Å². The third-order valence-electron chi connectivity index (χ3n) is 5.70. The molecule has 0 unspecified atom stereocenters. The van der Waals surface area contributed by atoms with E-state index in [0.717, 1.165) is 17.2 Å². The van der Waals surface area contributed by atoms with E-state index in [2.05, 4.69) is 0 Å². The molecule has 1 heterocycles. The highest BCUT2D eigenvalue weighted by Crippen LogP contribution is 2.46. The van der Waals surface area contributed by atoms with Gasteiger partial charge in [-0.2, -0.15) is 13.2 Å². The van der Waals surface area contributed by atoms with Gasteiger partial charge in [-0.1, -0.05) is 12.1 Å². The first kappa shape index (κ1) is 23.2. The molecule has 3 rings (SSSR count). The van der Waals surface area contributed by atoms with E-state index >= 15 is 0 Å². The second-order valence-corrected chi connectivity index (χ2v) is 9.09. The molecule has 0 N–H and O–H groups in total. The van der Waals surface area contributed by atoms with Gasteiger partial charge in [-0.25, -0.2) is 4.79 Å². The molecule has 0 spiro atoms. The van der Waals surface area contributed by atoms with Crippen molar-refractivity contribution in [2.45, 2.75) is 57.7 Å². The van der Waals surface area contributed by atoms with Crippen molar-refractivity contribution >= 4 is 17.6 Å². The number of esters is 1. The van der Waals surface area contributed by atoms with Crippen LogP contribution in [0, 0.1) is 5.92 Å². The van der Waals surface area contributed by atoms with Crippen LogP contribution in [-0.2, 0) is 20.4 Å². The molecule has 1 aromatic carbocycles. The summed E-state index contributed by atoms with van der Waals surface area (Å²) < 4.78 is 50.1. The Balaban J connectivity index is 1.82. The Labute approximate surface area is 180 Å². The van der Waals surface area contributed by atoms with Crippen LogP contribution >= 0.6 is 0 Å². The Morgan fingerprint density at radius 1 is 1.13 bits per heavy atom. The van der Waals surface area contributed by atoms with Gasteiger partial charge in [0.1, 0.15) is 5.60 Å². The summed E-state index contributed by atoms with van der Waals surface area (Å²) >= 11 is 0. The minimum Gasteiger partial charge on any atom is -0.469 e. The zero-order chi connectivity index (χ0) is 23.0. The lowest BCUT2D eigenvalue weighted by atomic mass is 9.69. The maximum Gasteiger partial charge on any atom is 0.416 e. The Morgan fingerprint density at radius 3 is 2.32 bits per heavy atom. The summed E-state index contributed by atoms with van der Waals surface area (Å²) in [6.45, 7) is 6.15. The lowest BCUT2D eigenvalue weighted by Gasteiger charge is -2.36. The number of carbonyl (C=O) groups excluding carboxylic acids is 2. The largest absolute Gasteiger partial charge is 0.469 e. The fourth-order valence-electron chi connectivity index (χ4n) is 4.01. The number of hydrogen-bond acceptors (Lipinski definition) is 4. The SMILES string of the molecule is COC(=O)C1CC(c2cc(C(F)(F)F)ccc2C2=CCN(C(=O)OC(C)(C)C)CC2)C1. The van der Waals surface area contributed by atoms with Crippen molar-refractivity contribution in [2.75, 3.05) is 20.2 Å². The molecule has 8 heteroatoms. The maximum absolute atomic E-state index is 13.3. The van der Waals surface area contributed by atoms with E-state index in [0.29, 0.717) is 37.9 Å². The first-order valence-corrected chi connectivity index (χ1v) is 10.4. The molecule has 1 aromatic rings. The van der Waals surface area contributed by atoms with Gasteiger partial charge >= 0.3 is 18.2 Å². The summed E-state index contributed by atoms with van der Waals surface area (Å²) in [4.78, 5) is 25.6. The van der Waals surface area contributed by atoms with E-state index in [9.17, 15) is 22.8 Å². The normalized spacial score (nSPS) is 21.8. The molecule has 1 fully saturated rings. The molecule has 0 aromatic heterocycles. The van der Waals surface area contributed by atoms with Gasteiger partial charge in [0.2, 0.25) is 0 Å². The molecule has 170 valence electrons. The monoisotopic (exact) mass is 439 g/mol. The number of hydrogen-bond donors (Lipinski definition) is 0. The fraction of sp³-hybridized carbons (Fsp3) is 0.565. The van der Waals surface area contributed by atoms with Crippen molar-refractivity contribution in [1.29, 1.82) is 0 Å². The summed E-state index contributed by atoms with van der Waals surface area (Å²) in [6.07, 6.45) is -1.51. The fourth-order valence-corrected chi connectivity index (χ4v) is 4.01. The van der Waals surface area contributed by atoms with E-state index in [4.69, 9.17) is 9.47 Å². The molecule has 0 saturated heterocycles. The third kappa shape index (κ3) is 5.40. The van der Waals surface area contributed by atoms with E-state index in [1.807, 2.05) is 6.08 Å². The summed E-state index contributed by atoms with van der Waals surface area (Å²) in [5, 5.41) is 0. The Kier molecular flexibility index (Phi) is 6.39. The van der Waals surface area contributed by atoms with Crippen LogP contribution in [0.4, 0.5) is 18.0 Å². The predicted molar refractivity (Wildman–Crippen MR) is 109 cm³/mol. The molecule has 0 atom stereocenters. The summed E-state index contributed by atoms with van der Waals surface area (Å²) in [7, 11) is 1.31. The molecule has 1 saturated carbocycles. The highest BCUT2D eigenvalue weighted by Gasteiger charge is 2.39. The molecule has 1 aliphatic carbocycles. The smallest absolute Gasteiger partial charge is 0.416 e. The number of carbonyl (C=O) groups is 2. The number of rotatable bonds is 3. The van der Waals surface area contributed by atoms with Gasteiger partial charge in [0.15, 0.2) is 0 Å². The second-order valence-electron chi connectivity index (χ2n) is 9.09. The third-order valence-corrected chi connectivity index (χ3v) is 5.70. The Hall–Kier alpha value is -2.51. The van der Waals surface area contributed by atoms with Gasteiger partial charge in [0, 0.05) is 13.1 Å². The van der Waals surface area contributed by atoms with E-state index in [1.54, 1.807) is 25.7 Å². The first-order valence-electron chi connectivity index (χ1n) is 10.4. The quantitative estimate of drug-likeness (QED) is 0.592. The van der Waals surface area contributed by atoms with Crippen molar-refractivity contribution in [2.24, 2.45) is 5.92 Å². The number of alkyl halides is 3. The van der Waals surface area contributed by atoms with Crippen LogP contribution in [0.15, 0.2) is 24.3 Å². The molecule has 1 amide bonds. The molecule has 5 nitrogen and oxygen atoms in total. The molecular formula is C23H28F3NO4. The molecule has 1 aliphatic heterocycles. The van der Waals surface area contributed by atoms with E-state index in [-0.39, 0.29) is 17.8 Å². The predicted octanol–water partition coefficient (Wildman–Crippen LogP) is 5.40. The summed E-state index contributed by atoms with van der Waals surface area (Å²) in [6, 6.07) is 3.81. The number of nitrogens with zero attached hydrogens (tertiary/aromatic N) is 1. The number of methoxy groups -OCH3 is 1. The van der Waals surface area contributed by atoms with Gasteiger partial charge in [-0.3, -0.25) is 4.79 Å². The summed E-state index contributed by atoms with van der Waals surface area (Å²) in [5.41, 5.74) is 0.976. The molecular weight excluding hydrogens is 411 g/mol. The molecule has 0 radical (unpaired) electrons. The molecule has 2 aliphatic rings. The second kappa shape index (κ2) is 8.55. The number of ether oxygens (including phenoxy) is 2. The molecule has 0 bridgehead atoms. The van der Waals surface area contributed by atoms with Gasteiger partial charge < -0.3 is 14.4 Å². The number of benzene rings is 1. The lowest BCUT2D eigenvalue weighted by molar-refractivity contribution is -0.149. The van der Waals surface area contributed by atoms with Gasteiger partial charge in [0.25, 0.3) is 0 Å². The van der Waals surface area contributed by atoms with Crippen LogP contribution in [0.5, 0.6) is 0 Å². The van der Waals surface area contributed by atoms with Gasteiger partial charge in [0.05, 0.1) is 18.6 Å². The molecule has 31 heavy (non-hydrogen) atoms. The number of amides is 1. The minimum atomic E-state index is -4.44. The van der Waals surface area contributed by atoms with Crippen molar-refractivity contribution < 1.29 is 32.2 Å². The van der Waals surface area contributed by atoms with Crippen LogP contribution in [0.1, 0.15) is 62.6 Å². The average molecular weight is 439 g/mol. The highest BCUT2D eigenvalue weighted by atomic mass is 19.4. The lowest BCUT2D eigenvalue weighted by Crippen LogP contribution is -2.39. The Bertz CT molecular complexity index is 880. The topological polar surface area (TPSA) is 55.8 Å². The zero-order valence-corrected chi connectivity index (χ0v) is 18.2. The van der Waals surface area contributed by atoms with E-state index < -0.39 is 23.4 Å². The van der Waals surface area contributed by atoms with Crippen molar-refractivity contribution in [3.8, 4) is 0 Å². The zero-order valence-electron chi connectivity index (χ0n) is 18.2. The maximum atomic E-state index is 13.3. The van der Waals surface area contributed by atoms with Crippen molar-refractivity contribution in [3.05, 3.63) is 41.0 Å². The highest BCUT2D eigenvalue weighted by molar-refractivity contribution is 5.76. The van der Waals surface area contributed by atoms with Gasteiger partial charge in [-0.05, 0) is 74.8 Å². The number of halogens is 3. The van der Waals surface area contributed by atoms with Crippen LogP contribution in [0.3, 0.4) is 0 Å². The average Bonchev–Trinajstić information content (AvgIpc) is 2.64. The van der Waals surface area contributed by atoms with E-state index in [1.165, 1.54) is 19.2 Å².